The van der Waals surface area contributed by atoms with E-state index in [4.69, 9.17) is 9.97 Å². The third-order valence-corrected chi connectivity index (χ3v) is 13.8. The first kappa shape index (κ1) is 49.4. The number of rotatable bonds is 4. The first-order valence-corrected chi connectivity index (χ1v) is 24.0. The van der Waals surface area contributed by atoms with Gasteiger partial charge >= 0.3 is 17.1 Å². The van der Waals surface area contributed by atoms with Crippen LogP contribution in [0.3, 0.4) is 0 Å². The Morgan fingerprint density at radius 3 is 0.826 bits per heavy atom. The van der Waals surface area contributed by atoms with Gasteiger partial charge in [-0.25, -0.2) is 0 Å². The molecule has 1 aliphatic heterocycles. The largest absolute Gasteiger partial charge is 2.00 e. The van der Waals surface area contributed by atoms with Crippen molar-refractivity contribution in [3.8, 4) is 0 Å². The molecule has 0 spiro atoms. The van der Waals surface area contributed by atoms with Crippen LogP contribution in [0.1, 0.15) is 105 Å². The summed E-state index contributed by atoms with van der Waals surface area (Å²) in [5, 5.41) is 24.1. The Labute approximate surface area is 420 Å². The number of hydrogen-bond acceptors (Lipinski definition) is 8. The van der Waals surface area contributed by atoms with Gasteiger partial charge in [0.2, 0.25) is 0 Å². The molecule has 69 heavy (non-hydrogen) atoms. The average Bonchev–Trinajstić information content (AvgIpc) is 3.96. The van der Waals surface area contributed by atoms with Gasteiger partial charge in [0.1, 0.15) is 0 Å². The van der Waals surface area contributed by atoms with Gasteiger partial charge in [-0.3, -0.25) is 0 Å². The van der Waals surface area contributed by atoms with Gasteiger partial charge in [0.25, 0.3) is 0 Å². The van der Waals surface area contributed by atoms with Crippen LogP contribution in [0.25, 0.3) is 43.1 Å². The first-order chi connectivity index (χ1) is 31.5. The third kappa shape index (κ3) is 8.49. The maximum Gasteiger partial charge on any atom is 2.00 e. The summed E-state index contributed by atoms with van der Waals surface area (Å²) in [6.45, 7) is 27.3. The Morgan fingerprint density at radius 2 is 0.565 bits per heavy atom. The number of hydrogen-bond donors (Lipinski definition) is 6. The zero-order chi connectivity index (χ0) is 49.5. The van der Waals surface area contributed by atoms with E-state index in [9.17, 15) is 0 Å². The van der Waals surface area contributed by atoms with Gasteiger partial charge in [-0.2, -0.15) is 0 Å². The Bertz CT molecular complexity index is 2850. The van der Waals surface area contributed by atoms with Crippen LogP contribution in [0.2, 0.25) is 0 Å². The van der Waals surface area contributed by atoms with Crippen molar-refractivity contribution in [3.63, 3.8) is 0 Å². The minimum absolute atomic E-state index is 0. The number of H-pyrrole nitrogens is 2. The second kappa shape index (κ2) is 16.5. The molecule has 13 heteroatoms. The smallest absolute Gasteiger partial charge is 0.400 e. The molecule has 5 heterocycles. The fourth-order valence-electron chi connectivity index (χ4n) is 9.64. The van der Waals surface area contributed by atoms with Crippen LogP contribution < -0.4 is 50.8 Å². The van der Waals surface area contributed by atoms with Gasteiger partial charge in [0.15, 0.2) is 0 Å². The van der Waals surface area contributed by atoms with Crippen LogP contribution in [0.5, 0.6) is 0 Å². The molecule has 12 nitrogen and oxygen atoms in total. The Kier molecular flexibility index (Phi) is 11.8. The normalized spacial score (nSPS) is 13.3. The molecular formula is C56H74CuN12. The predicted molar refractivity (Wildman–Crippen MR) is 296 cm³/mol. The van der Waals surface area contributed by atoms with Crippen molar-refractivity contribution in [1.82, 2.24) is 19.9 Å². The van der Waals surface area contributed by atoms with E-state index in [0.717, 1.165) is 112 Å². The minimum atomic E-state index is -0.122. The van der Waals surface area contributed by atoms with Gasteiger partial charge in [-0.15, -0.1) is 0 Å². The Balaban J connectivity index is 0.00000642. The molecule has 1 radical (unpaired) electrons. The van der Waals surface area contributed by atoms with Gasteiger partial charge in [-0.05, 0) is 103 Å². The van der Waals surface area contributed by atoms with Crippen molar-refractivity contribution in [3.05, 3.63) is 70.8 Å². The zero-order valence-electron chi connectivity index (χ0n) is 44.6. The molecule has 369 valence electrons. The van der Waals surface area contributed by atoms with Gasteiger partial charge in [0.05, 0.1) is 23.3 Å². The standard InChI is InChI=1S/C56H74N12.Cu/c1-53(2,3)29-21-33-41(37(25-29)65(13)14)49-57-45(33)61-50-42-34(22-30(54(4,5)6)26-38(42)66(15)16)47(58-50)63-52-44-36(24-32(56(10,11)12)28-40(44)68(19)20)48(60-52)64-51-43-35(46(59-51)62-49)23-31(55(7,8)9)27-39(43)67(17)18;/h21-28,57,60-64H,1-20H3;/q-2;+2. The summed E-state index contributed by atoms with van der Waals surface area (Å²) < 4.78 is 0. The van der Waals surface area contributed by atoms with E-state index in [1.807, 2.05) is 0 Å². The topological polar surface area (TPSA) is 121 Å². The number of nitrogens with zero attached hydrogens (tertiary/aromatic N) is 6. The number of anilines is 12. The van der Waals surface area contributed by atoms with E-state index >= 15 is 0 Å². The monoisotopic (exact) mass is 978 g/mol. The number of fused-ring (bicyclic) bond motifs is 20. The Morgan fingerprint density at radius 1 is 0.319 bits per heavy atom. The van der Waals surface area contributed by atoms with E-state index in [-0.39, 0.29) is 38.7 Å². The summed E-state index contributed by atoms with van der Waals surface area (Å²) in [5.74, 6) is 6.38. The van der Waals surface area contributed by atoms with Gasteiger partial charge < -0.3 is 60.8 Å². The van der Waals surface area contributed by atoms with Crippen molar-refractivity contribution in [2.45, 2.75) is 105 Å². The molecule has 6 N–H and O–H groups in total. The molecule has 0 aliphatic carbocycles. The summed E-state index contributed by atoms with van der Waals surface area (Å²) in [7, 11) is 17.0. The molecule has 0 saturated heterocycles. The van der Waals surface area contributed by atoms with Gasteiger partial charge in [0, 0.05) is 135 Å². The molecule has 4 aromatic carbocycles. The van der Waals surface area contributed by atoms with E-state index in [0.29, 0.717) is 0 Å². The molecule has 0 atom stereocenters. The van der Waals surface area contributed by atoms with E-state index in [1.54, 1.807) is 0 Å². The van der Waals surface area contributed by atoms with Crippen molar-refractivity contribution < 1.29 is 17.1 Å². The maximum absolute atomic E-state index is 5.57. The molecule has 9 rings (SSSR count). The summed E-state index contributed by atoms with van der Waals surface area (Å²) in [6, 6.07) is 18.6. The van der Waals surface area contributed by atoms with Crippen molar-refractivity contribution in [2.75, 3.05) is 97.2 Å². The van der Waals surface area contributed by atoms with E-state index in [2.05, 4.69) is 239 Å². The number of aromatic amines is 2. The SMILES string of the molecule is CN(C)c1cc(C(C)(C)C)cc2c3[n-]c(c12)Nc1[nH]c(c2c(N(C)C)cc(C(C)(C)C)cc12)Nc1[n-]c(c2c(N(C)C)cc(C(C)(C)C)cc12)Nc1[nH]c(c2c(N(C)C)cc(C(C)(C)C)cc12)N3.[Cu+2]. The summed E-state index contributed by atoms with van der Waals surface area (Å²) >= 11 is 0. The third-order valence-electron chi connectivity index (χ3n) is 13.8. The first-order valence-electron chi connectivity index (χ1n) is 24.0. The van der Waals surface area contributed by atoms with Crippen molar-refractivity contribution >= 4 is 112 Å². The van der Waals surface area contributed by atoms with Crippen LogP contribution in [0, 0.1) is 0 Å². The minimum Gasteiger partial charge on any atom is -0.400 e. The second-order valence-corrected chi connectivity index (χ2v) is 24.1. The second-order valence-electron chi connectivity index (χ2n) is 24.1. The number of benzene rings is 4. The van der Waals surface area contributed by atoms with Crippen LogP contribution >= 0.6 is 0 Å². The summed E-state index contributed by atoms with van der Waals surface area (Å²) in [5.41, 5.74) is 8.79. The Hall–Kier alpha value is -6.04. The molecule has 0 saturated carbocycles. The zero-order valence-corrected chi connectivity index (χ0v) is 45.5. The van der Waals surface area contributed by atoms with Crippen molar-refractivity contribution in [1.29, 1.82) is 0 Å². The average molecular weight is 979 g/mol. The molecular weight excluding hydrogens is 904 g/mol. The molecule has 1 aliphatic rings. The van der Waals surface area contributed by atoms with Crippen LogP contribution in [0.15, 0.2) is 48.5 Å². The predicted octanol–water partition coefficient (Wildman–Crippen LogP) is 13.6. The van der Waals surface area contributed by atoms with Crippen molar-refractivity contribution in [2.24, 2.45) is 0 Å². The molecule has 4 aromatic heterocycles. The summed E-state index contributed by atoms with van der Waals surface area (Å²) in [4.78, 5) is 27.8. The quantitative estimate of drug-likeness (QED) is 0.0951. The molecule has 0 amide bonds. The maximum atomic E-state index is 5.57. The fraction of sp³-hybridized carbons (Fsp3) is 0.429. The van der Waals surface area contributed by atoms with Crippen LogP contribution in [0.4, 0.5) is 69.3 Å². The van der Waals surface area contributed by atoms with Crippen LogP contribution in [-0.4, -0.2) is 66.3 Å². The summed E-state index contributed by atoms with van der Waals surface area (Å²) in [6.07, 6.45) is 0. The van der Waals surface area contributed by atoms with E-state index in [1.165, 1.54) is 22.3 Å². The molecule has 0 unspecified atom stereocenters. The number of aromatic nitrogens is 4. The van der Waals surface area contributed by atoms with E-state index < -0.39 is 0 Å². The molecule has 8 bridgehead atoms. The van der Waals surface area contributed by atoms with Crippen LogP contribution in [-0.2, 0) is 38.7 Å². The van der Waals surface area contributed by atoms with Gasteiger partial charge in [-0.1, -0.05) is 83.1 Å². The molecule has 8 aromatic rings. The molecule has 0 fully saturated rings. The fourth-order valence-corrected chi connectivity index (χ4v) is 9.64. The number of nitrogens with one attached hydrogen (secondary N) is 6.